The predicted molar refractivity (Wildman–Crippen MR) is 139 cm³/mol. The number of para-hydroxylation sites is 1. The van der Waals surface area contributed by atoms with Crippen LogP contribution >= 0.6 is 0 Å². The number of rotatable bonds is 3. The zero-order valence-electron chi connectivity index (χ0n) is 21.4. The van der Waals surface area contributed by atoms with Crippen LogP contribution in [0.15, 0.2) is 42.5 Å². The summed E-state index contributed by atoms with van der Waals surface area (Å²) < 4.78 is 9.26. The fourth-order valence-corrected chi connectivity index (χ4v) is 5.54. The van der Waals surface area contributed by atoms with Gasteiger partial charge < -0.3 is 4.74 Å². The molecule has 0 radical (unpaired) electrons. The first-order valence-electron chi connectivity index (χ1n) is 12.2. The quantitative estimate of drug-likeness (QED) is 0.260. The number of ether oxygens (including phenoxy) is 1. The highest BCUT2D eigenvalue weighted by molar-refractivity contribution is 6.06. The van der Waals surface area contributed by atoms with Gasteiger partial charge in [-0.2, -0.15) is 4.57 Å². The summed E-state index contributed by atoms with van der Waals surface area (Å²) in [5, 5.41) is 3.83. The Kier molecular flexibility index (Phi) is 5.04. The van der Waals surface area contributed by atoms with Crippen LogP contribution in [0.1, 0.15) is 56.9 Å². The van der Waals surface area contributed by atoms with E-state index in [4.69, 9.17) is 4.74 Å². The molecule has 170 valence electrons. The van der Waals surface area contributed by atoms with Crippen molar-refractivity contribution in [3.05, 3.63) is 64.7 Å². The lowest BCUT2D eigenvalue weighted by atomic mass is 9.83. The van der Waals surface area contributed by atoms with Gasteiger partial charge in [-0.3, -0.25) is 0 Å². The lowest BCUT2D eigenvalue weighted by Crippen LogP contribution is -2.35. The van der Waals surface area contributed by atoms with Gasteiger partial charge >= 0.3 is 0 Å². The van der Waals surface area contributed by atoms with Crippen molar-refractivity contribution in [2.75, 3.05) is 0 Å². The maximum atomic E-state index is 6.91. The molecule has 0 fully saturated rings. The number of pyridine rings is 1. The predicted octanol–water partition coefficient (Wildman–Crippen LogP) is 7.99. The van der Waals surface area contributed by atoms with Crippen LogP contribution in [0, 0.1) is 25.2 Å². The first-order valence-corrected chi connectivity index (χ1v) is 12.2. The fourth-order valence-electron chi connectivity index (χ4n) is 5.54. The Bertz CT molecular complexity index is 1420. The molecule has 3 aromatic carbocycles. The smallest absolute Gasteiger partial charge is 0.257 e. The van der Waals surface area contributed by atoms with E-state index in [9.17, 15) is 0 Å². The van der Waals surface area contributed by atoms with Crippen molar-refractivity contribution in [1.29, 1.82) is 0 Å². The maximum Gasteiger partial charge on any atom is 0.257 e. The van der Waals surface area contributed by atoms with E-state index in [1.54, 1.807) is 0 Å². The van der Waals surface area contributed by atoms with E-state index in [-0.39, 0.29) is 5.41 Å². The minimum Gasteiger partial charge on any atom is -0.449 e. The summed E-state index contributed by atoms with van der Waals surface area (Å²) >= 11 is 0. The average Bonchev–Trinajstić information content (AvgIpc) is 2.72. The van der Waals surface area contributed by atoms with E-state index in [1.807, 2.05) is 0 Å². The van der Waals surface area contributed by atoms with Gasteiger partial charge in [0.05, 0.1) is 10.9 Å². The number of aryl methyl sites for hydroxylation is 2. The van der Waals surface area contributed by atoms with Crippen LogP contribution in [-0.2, 0) is 19.9 Å². The second-order valence-corrected chi connectivity index (χ2v) is 11.6. The average molecular weight is 439 g/mol. The molecule has 4 aromatic rings. The van der Waals surface area contributed by atoms with Crippen LogP contribution in [-0.4, -0.2) is 0 Å². The molecule has 1 aliphatic rings. The lowest BCUT2D eigenvalue weighted by molar-refractivity contribution is -0.633. The van der Waals surface area contributed by atoms with Crippen LogP contribution in [0.3, 0.4) is 0 Å². The summed E-state index contributed by atoms with van der Waals surface area (Å²) in [5.74, 6) is 2.66. The van der Waals surface area contributed by atoms with Gasteiger partial charge in [-0.1, -0.05) is 58.9 Å². The molecule has 0 amide bonds. The first kappa shape index (κ1) is 21.9. The molecule has 0 saturated carbocycles. The molecule has 2 nitrogen and oxygen atoms in total. The second-order valence-electron chi connectivity index (χ2n) is 11.6. The van der Waals surface area contributed by atoms with Crippen LogP contribution in [0.25, 0.3) is 32.9 Å². The van der Waals surface area contributed by atoms with Crippen LogP contribution < -0.4 is 9.30 Å². The first-order chi connectivity index (χ1) is 15.5. The molecule has 2 heteroatoms. The van der Waals surface area contributed by atoms with Crippen molar-refractivity contribution in [1.82, 2.24) is 0 Å². The number of hydrogen-bond acceptors (Lipinski definition) is 1. The Balaban J connectivity index is 1.93. The van der Waals surface area contributed by atoms with E-state index in [1.165, 1.54) is 55.2 Å². The van der Waals surface area contributed by atoms with E-state index < -0.39 is 0 Å². The normalized spacial score (nSPS) is 13.0. The molecule has 2 heterocycles. The van der Waals surface area contributed by atoms with Gasteiger partial charge in [-0.25, -0.2) is 0 Å². The summed E-state index contributed by atoms with van der Waals surface area (Å²) in [6.45, 7) is 16.0. The van der Waals surface area contributed by atoms with Crippen molar-refractivity contribution >= 4 is 21.7 Å². The number of aromatic nitrogens is 1. The van der Waals surface area contributed by atoms with Crippen molar-refractivity contribution in [3.63, 3.8) is 0 Å². The maximum absolute atomic E-state index is 6.91. The van der Waals surface area contributed by atoms with Crippen LogP contribution in [0.5, 0.6) is 11.5 Å². The molecule has 0 atom stereocenters. The molecule has 5 rings (SSSR count). The second kappa shape index (κ2) is 7.58. The molecule has 0 N–H and O–H groups in total. The molecule has 0 unspecified atom stereocenters. The third-order valence-electron chi connectivity index (χ3n) is 7.00. The Labute approximate surface area is 198 Å². The summed E-state index contributed by atoms with van der Waals surface area (Å²) in [6.07, 6.45) is 2.02. The van der Waals surface area contributed by atoms with E-state index in [0.717, 1.165) is 24.3 Å². The monoisotopic (exact) mass is 438 g/mol. The minimum absolute atomic E-state index is 0.149. The van der Waals surface area contributed by atoms with Crippen molar-refractivity contribution in [2.45, 2.75) is 61.3 Å². The largest absolute Gasteiger partial charge is 0.449 e. The summed E-state index contributed by atoms with van der Waals surface area (Å²) in [6, 6.07) is 15.8. The van der Waals surface area contributed by atoms with Crippen LogP contribution in [0.4, 0.5) is 0 Å². The lowest BCUT2D eigenvalue weighted by Gasteiger charge is -2.27. The number of benzene rings is 3. The Morgan fingerprint density at radius 2 is 1.73 bits per heavy atom. The van der Waals surface area contributed by atoms with Crippen molar-refractivity contribution in [3.8, 4) is 22.8 Å². The van der Waals surface area contributed by atoms with Gasteiger partial charge in [-0.15, -0.1) is 0 Å². The van der Waals surface area contributed by atoms with E-state index in [0.29, 0.717) is 5.92 Å². The Morgan fingerprint density at radius 1 is 1.00 bits per heavy atom. The van der Waals surface area contributed by atoms with Gasteiger partial charge in [0.2, 0.25) is 11.3 Å². The zero-order valence-corrected chi connectivity index (χ0v) is 21.4. The molecule has 33 heavy (non-hydrogen) atoms. The van der Waals surface area contributed by atoms with Gasteiger partial charge in [-0.05, 0) is 72.2 Å². The standard InChI is InChI=1S/C31H36NO/c1-18(2)13-21-15-22-14-19(3)20(4)27-28(22)26(16-21)33-30-24(17-31(5,6)7)23-11-9-10-12-25(23)32(8)29(27)30/h9-12,14-16,18H,13,17H2,1-8H3/q+1. The van der Waals surface area contributed by atoms with Gasteiger partial charge in [0.15, 0.2) is 0 Å². The van der Waals surface area contributed by atoms with E-state index in [2.05, 4.69) is 103 Å². The number of hydrogen-bond donors (Lipinski definition) is 0. The third kappa shape index (κ3) is 3.60. The fraction of sp³-hybridized carbons (Fsp3) is 0.387. The molecule has 1 aromatic heterocycles. The van der Waals surface area contributed by atoms with Gasteiger partial charge in [0.25, 0.3) is 5.69 Å². The highest BCUT2D eigenvalue weighted by Crippen LogP contribution is 2.51. The van der Waals surface area contributed by atoms with Crippen molar-refractivity contribution in [2.24, 2.45) is 18.4 Å². The summed E-state index contributed by atoms with van der Waals surface area (Å²) in [5.41, 5.74) is 9.31. The molecule has 0 spiro atoms. The molecule has 0 aliphatic carbocycles. The molecule has 1 aliphatic heterocycles. The number of fused-ring (bicyclic) bond motifs is 3. The van der Waals surface area contributed by atoms with E-state index >= 15 is 0 Å². The summed E-state index contributed by atoms with van der Waals surface area (Å²) in [4.78, 5) is 0. The molecular weight excluding hydrogens is 402 g/mol. The minimum atomic E-state index is 0.149. The molecule has 0 saturated heterocycles. The van der Waals surface area contributed by atoms with Gasteiger partial charge in [0.1, 0.15) is 12.8 Å². The highest BCUT2D eigenvalue weighted by Gasteiger charge is 2.35. The van der Waals surface area contributed by atoms with Crippen molar-refractivity contribution < 1.29 is 9.30 Å². The molecular formula is C31H36NO+. The number of nitrogens with zero attached hydrogens (tertiary/aromatic N) is 1. The zero-order chi connectivity index (χ0) is 23.7. The Hall–Kier alpha value is -2.87. The topological polar surface area (TPSA) is 13.1 Å². The highest BCUT2D eigenvalue weighted by atomic mass is 16.5. The Morgan fingerprint density at radius 3 is 2.42 bits per heavy atom. The summed E-state index contributed by atoms with van der Waals surface area (Å²) in [7, 11) is 2.19. The van der Waals surface area contributed by atoms with Gasteiger partial charge in [0, 0.05) is 17.0 Å². The molecule has 0 bridgehead atoms. The third-order valence-corrected chi connectivity index (χ3v) is 7.00. The SMILES string of the molecule is Cc1cc2cc(CC(C)C)cc3c2c(c1C)-c1c(c(CC(C)(C)C)c2ccccc2[n+]1C)O3. The van der Waals surface area contributed by atoms with Crippen LogP contribution in [0.2, 0.25) is 0 Å².